The second-order valence-electron chi connectivity index (χ2n) is 6.29. The zero-order chi connectivity index (χ0) is 13.9. The van der Waals surface area contributed by atoms with Crippen LogP contribution >= 0.6 is 0 Å². The Kier molecular flexibility index (Phi) is 4.37. The molecule has 2 fully saturated rings. The summed E-state index contributed by atoms with van der Waals surface area (Å²) in [6.07, 6.45) is 4.93. The van der Waals surface area contributed by atoms with E-state index in [0.29, 0.717) is 12.1 Å². The maximum Gasteiger partial charge on any atom is 0.123 e. The smallest absolute Gasteiger partial charge is 0.123 e. The van der Waals surface area contributed by atoms with E-state index in [1.807, 2.05) is 12.1 Å². The Labute approximate surface area is 121 Å². The van der Waals surface area contributed by atoms with Crippen molar-refractivity contribution in [3.05, 3.63) is 35.6 Å². The summed E-state index contributed by atoms with van der Waals surface area (Å²) >= 11 is 0. The van der Waals surface area contributed by atoms with Crippen LogP contribution in [0.2, 0.25) is 0 Å². The fourth-order valence-electron chi connectivity index (χ4n) is 3.34. The fourth-order valence-corrected chi connectivity index (χ4v) is 3.34. The second kappa shape index (κ2) is 6.23. The van der Waals surface area contributed by atoms with E-state index >= 15 is 0 Å². The van der Waals surface area contributed by atoms with Crippen molar-refractivity contribution in [3.63, 3.8) is 0 Å². The number of hydrogen-bond acceptors (Lipinski definition) is 2. The minimum absolute atomic E-state index is 0.120. The summed E-state index contributed by atoms with van der Waals surface area (Å²) in [5, 5.41) is 3.72. The maximum absolute atomic E-state index is 13.2. The lowest BCUT2D eigenvalue weighted by Crippen LogP contribution is -2.57. The molecule has 20 heavy (non-hydrogen) atoms. The van der Waals surface area contributed by atoms with Crippen molar-refractivity contribution in [2.24, 2.45) is 5.92 Å². The van der Waals surface area contributed by atoms with E-state index in [4.69, 9.17) is 0 Å². The van der Waals surface area contributed by atoms with Crippen LogP contribution < -0.4 is 5.32 Å². The number of hydrogen-bond donors (Lipinski definition) is 1. The summed E-state index contributed by atoms with van der Waals surface area (Å²) in [5.41, 5.74) is 1.11. The van der Waals surface area contributed by atoms with Gasteiger partial charge in [-0.2, -0.15) is 0 Å². The van der Waals surface area contributed by atoms with E-state index in [9.17, 15) is 4.39 Å². The van der Waals surface area contributed by atoms with Crippen LogP contribution in [0.4, 0.5) is 4.39 Å². The van der Waals surface area contributed by atoms with Gasteiger partial charge in [-0.15, -0.1) is 0 Å². The average molecular weight is 276 g/mol. The molecule has 2 aliphatic rings. The third kappa shape index (κ3) is 3.39. The Morgan fingerprint density at radius 2 is 2.20 bits per heavy atom. The highest BCUT2D eigenvalue weighted by molar-refractivity contribution is 5.16. The molecular formula is C17H25FN2. The molecule has 2 nitrogen and oxygen atoms in total. The molecule has 1 heterocycles. The van der Waals surface area contributed by atoms with Gasteiger partial charge in [0, 0.05) is 31.7 Å². The minimum atomic E-state index is -0.120. The van der Waals surface area contributed by atoms with E-state index in [1.165, 1.54) is 31.9 Å². The predicted octanol–water partition coefficient (Wildman–Crippen LogP) is 2.83. The molecule has 0 radical (unpaired) electrons. The number of rotatable bonds is 5. The Bertz CT molecular complexity index is 444. The van der Waals surface area contributed by atoms with Crippen LogP contribution in [0.3, 0.4) is 0 Å². The van der Waals surface area contributed by atoms with Crippen molar-refractivity contribution in [2.45, 2.75) is 44.7 Å². The lowest BCUT2D eigenvalue weighted by atomic mass is 10.0. The van der Waals surface area contributed by atoms with Crippen LogP contribution in [0.1, 0.15) is 31.7 Å². The maximum atomic E-state index is 13.2. The van der Waals surface area contributed by atoms with Gasteiger partial charge >= 0.3 is 0 Å². The molecule has 2 atom stereocenters. The molecule has 1 aliphatic carbocycles. The highest BCUT2D eigenvalue weighted by atomic mass is 19.1. The molecule has 1 aromatic rings. The van der Waals surface area contributed by atoms with Gasteiger partial charge in [-0.25, -0.2) is 4.39 Å². The zero-order valence-electron chi connectivity index (χ0n) is 12.3. The highest BCUT2D eigenvalue weighted by Crippen LogP contribution is 2.34. The van der Waals surface area contributed by atoms with Crippen molar-refractivity contribution in [3.8, 4) is 0 Å². The molecule has 2 unspecified atom stereocenters. The zero-order valence-corrected chi connectivity index (χ0v) is 12.3. The number of piperazine rings is 1. The van der Waals surface area contributed by atoms with Crippen LogP contribution in [-0.2, 0) is 6.42 Å². The molecule has 1 saturated heterocycles. The van der Waals surface area contributed by atoms with Crippen LogP contribution in [-0.4, -0.2) is 36.6 Å². The SMILES string of the molecule is CCC1CNC(C2CC2)CN1CCc1cccc(F)c1. The largest absolute Gasteiger partial charge is 0.311 e. The molecule has 0 spiro atoms. The van der Waals surface area contributed by atoms with Crippen LogP contribution in [0.5, 0.6) is 0 Å². The van der Waals surface area contributed by atoms with Gasteiger partial charge in [-0.3, -0.25) is 4.90 Å². The first-order chi connectivity index (χ1) is 9.76. The molecule has 1 saturated carbocycles. The van der Waals surface area contributed by atoms with Crippen molar-refractivity contribution in [1.82, 2.24) is 10.2 Å². The summed E-state index contributed by atoms with van der Waals surface area (Å²) in [4.78, 5) is 2.62. The number of nitrogens with one attached hydrogen (secondary N) is 1. The van der Waals surface area contributed by atoms with E-state index in [-0.39, 0.29) is 5.82 Å². The van der Waals surface area contributed by atoms with Crippen LogP contribution in [0, 0.1) is 11.7 Å². The summed E-state index contributed by atoms with van der Waals surface area (Å²) in [6.45, 7) is 5.59. The molecular weight excluding hydrogens is 251 g/mol. The minimum Gasteiger partial charge on any atom is -0.311 e. The van der Waals surface area contributed by atoms with Crippen LogP contribution in [0.15, 0.2) is 24.3 Å². The fraction of sp³-hybridized carbons (Fsp3) is 0.647. The Balaban J connectivity index is 1.58. The van der Waals surface area contributed by atoms with Crippen molar-refractivity contribution >= 4 is 0 Å². The van der Waals surface area contributed by atoms with Gasteiger partial charge in [0.15, 0.2) is 0 Å². The Morgan fingerprint density at radius 3 is 2.90 bits per heavy atom. The third-order valence-corrected chi connectivity index (χ3v) is 4.80. The van der Waals surface area contributed by atoms with E-state index in [1.54, 1.807) is 6.07 Å². The predicted molar refractivity (Wildman–Crippen MR) is 80.3 cm³/mol. The summed E-state index contributed by atoms with van der Waals surface area (Å²) in [7, 11) is 0. The Hall–Kier alpha value is -0.930. The molecule has 3 rings (SSSR count). The van der Waals surface area contributed by atoms with Crippen molar-refractivity contribution in [1.29, 1.82) is 0 Å². The molecule has 3 heteroatoms. The normalized spacial score (nSPS) is 27.7. The van der Waals surface area contributed by atoms with Crippen molar-refractivity contribution < 1.29 is 4.39 Å². The second-order valence-corrected chi connectivity index (χ2v) is 6.29. The monoisotopic (exact) mass is 276 g/mol. The molecule has 1 aromatic carbocycles. The highest BCUT2D eigenvalue weighted by Gasteiger charge is 2.36. The summed E-state index contributed by atoms with van der Waals surface area (Å²) < 4.78 is 13.2. The van der Waals surface area contributed by atoms with Gasteiger partial charge in [0.25, 0.3) is 0 Å². The van der Waals surface area contributed by atoms with Crippen LogP contribution in [0.25, 0.3) is 0 Å². The van der Waals surface area contributed by atoms with Gasteiger partial charge in [0.1, 0.15) is 5.82 Å². The quantitative estimate of drug-likeness (QED) is 0.889. The summed E-state index contributed by atoms with van der Waals surface area (Å²) in [6, 6.07) is 8.36. The first-order valence-electron chi connectivity index (χ1n) is 7.98. The average Bonchev–Trinajstić information content (AvgIpc) is 3.29. The first kappa shape index (κ1) is 14.0. The topological polar surface area (TPSA) is 15.3 Å². The van der Waals surface area contributed by atoms with Gasteiger partial charge in [0.05, 0.1) is 0 Å². The first-order valence-corrected chi connectivity index (χ1v) is 7.98. The Morgan fingerprint density at radius 1 is 1.35 bits per heavy atom. The third-order valence-electron chi connectivity index (χ3n) is 4.80. The van der Waals surface area contributed by atoms with Gasteiger partial charge in [-0.1, -0.05) is 19.1 Å². The molecule has 0 aromatic heterocycles. The molecule has 0 amide bonds. The van der Waals surface area contributed by atoms with Crippen molar-refractivity contribution in [2.75, 3.05) is 19.6 Å². The van der Waals surface area contributed by atoms with Gasteiger partial charge in [0.2, 0.25) is 0 Å². The van der Waals surface area contributed by atoms with Gasteiger partial charge in [-0.05, 0) is 49.3 Å². The number of halogens is 1. The number of nitrogens with zero attached hydrogens (tertiary/aromatic N) is 1. The van der Waals surface area contributed by atoms with E-state index < -0.39 is 0 Å². The van der Waals surface area contributed by atoms with E-state index in [0.717, 1.165) is 31.0 Å². The lowest BCUT2D eigenvalue weighted by molar-refractivity contribution is 0.120. The summed E-state index contributed by atoms with van der Waals surface area (Å²) in [5.74, 6) is 0.787. The van der Waals surface area contributed by atoms with Gasteiger partial charge < -0.3 is 5.32 Å². The lowest BCUT2D eigenvalue weighted by Gasteiger charge is -2.40. The van der Waals surface area contributed by atoms with E-state index in [2.05, 4.69) is 17.1 Å². The molecule has 1 aliphatic heterocycles. The number of benzene rings is 1. The molecule has 0 bridgehead atoms. The standard InChI is InChI=1S/C17H25FN2/c1-2-16-11-19-17(14-6-7-14)12-20(16)9-8-13-4-3-5-15(18)10-13/h3-5,10,14,16-17,19H,2,6-9,11-12H2,1H3. The molecule has 110 valence electrons. The molecule has 1 N–H and O–H groups in total.